The molecule has 0 saturated heterocycles. The van der Waals surface area contributed by atoms with Gasteiger partial charge in [0.1, 0.15) is 0 Å². The Morgan fingerprint density at radius 1 is 1.12 bits per heavy atom. The van der Waals surface area contributed by atoms with E-state index in [2.05, 4.69) is 33.4 Å². The zero-order valence-electron chi connectivity index (χ0n) is 9.74. The van der Waals surface area contributed by atoms with Crippen molar-refractivity contribution in [3.8, 4) is 0 Å². The summed E-state index contributed by atoms with van der Waals surface area (Å²) in [6.07, 6.45) is 4.90. The van der Waals surface area contributed by atoms with E-state index in [1.165, 1.54) is 0 Å². The summed E-state index contributed by atoms with van der Waals surface area (Å²) in [6.45, 7) is 11.2. The summed E-state index contributed by atoms with van der Waals surface area (Å²) in [4.78, 5) is 11.3. The van der Waals surface area contributed by atoms with Crippen LogP contribution in [0.4, 0.5) is 5.95 Å². The molecule has 0 aliphatic rings. The largest absolute Gasteiger partial charge is 0.324 e. The fraction of sp³-hybridized carbons (Fsp3) is 0.182. The molecule has 0 bridgehead atoms. The van der Waals surface area contributed by atoms with E-state index in [0.29, 0.717) is 5.70 Å². The van der Waals surface area contributed by atoms with Crippen LogP contribution in [-0.4, -0.2) is 15.0 Å². The number of halogens is 2. The molecule has 0 atom stereocenters. The first-order valence-corrected chi connectivity index (χ1v) is 5.70. The first-order chi connectivity index (χ1) is 8.15. The summed E-state index contributed by atoms with van der Waals surface area (Å²) < 4.78 is 0. The molecule has 92 valence electrons. The van der Waals surface area contributed by atoms with Crippen molar-refractivity contribution in [3.63, 3.8) is 0 Å². The highest BCUT2D eigenvalue weighted by Crippen LogP contribution is 2.11. The second kappa shape index (κ2) is 8.73. The van der Waals surface area contributed by atoms with E-state index in [9.17, 15) is 0 Å². The molecule has 1 N–H and O–H groups in total. The number of hydrogen-bond acceptors (Lipinski definition) is 4. The van der Waals surface area contributed by atoms with Crippen molar-refractivity contribution in [1.29, 1.82) is 0 Å². The SMILES string of the molecule is C=C/C=C(\C=C)Nc1nc(Cl)nc(Cl)n1.CC. The number of hydrogen-bond donors (Lipinski definition) is 1. The minimum absolute atomic E-state index is 0.0273. The van der Waals surface area contributed by atoms with E-state index in [1.807, 2.05) is 13.8 Å². The molecule has 1 heterocycles. The minimum Gasteiger partial charge on any atom is -0.324 e. The molecule has 6 heteroatoms. The quantitative estimate of drug-likeness (QED) is 0.846. The lowest BCUT2D eigenvalue weighted by Gasteiger charge is -2.04. The van der Waals surface area contributed by atoms with Crippen LogP contribution in [0.5, 0.6) is 0 Å². The maximum Gasteiger partial charge on any atom is 0.232 e. The maximum atomic E-state index is 5.60. The Kier molecular flexibility index (Phi) is 8.01. The minimum atomic E-state index is 0.0273. The standard InChI is InChI=1S/C9H8Cl2N4.C2H6/c1-3-5-6(4-2)12-9-14-7(10)13-8(11)15-9;1-2/h3-5H,1-2H2,(H,12,13,14,15);1-2H3/b6-5+;. The van der Waals surface area contributed by atoms with Gasteiger partial charge in [-0.1, -0.05) is 33.1 Å². The van der Waals surface area contributed by atoms with Gasteiger partial charge in [-0.05, 0) is 35.4 Å². The normalized spacial score (nSPS) is 10.0. The number of aromatic nitrogens is 3. The third kappa shape index (κ3) is 6.04. The van der Waals surface area contributed by atoms with E-state index in [1.54, 1.807) is 18.2 Å². The third-order valence-corrected chi connectivity index (χ3v) is 1.69. The number of rotatable bonds is 4. The summed E-state index contributed by atoms with van der Waals surface area (Å²) in [6, 6.07) is 0. The zero-order chi connectivity index (χ0) is 13.3. The Morgan fingerprint density at radius 3 is 2.06 bits per heavy atom. The van der Waals surface area contributed by atoms with Crippen LogP contribution in [0, 0.1) is 0 Å². The average Bonchev–Trinajstić information content (AvgIpc) is 2.30. The van der Waals surface area contributed by atoms with Crippen LogP contribution in [0.25, 0.3) is 0 Å². The second-order valence-electron chi connectivity index (χ2n) is 2.38. The lowest BCUT2D eigenvalue weighted by atomic mass is 10.4. The molecule has 0 radical (unpaired) electrons. The lowest BCUT2D eigenvalue weighted by Crippen LogP contribution is -2.03. The van der Waals surface area contributed by atoms with Crippen LogP contribution < -0.4 is 5.32 Å². The summed E-state index contributed by atoms with van der Waals surface area (Å²) in [5.41, 5.74) is 0.684. The first-order valence-electron chi connectivity index (χ1n) is 4.95. The molecule has 0 unspecified atom stereocenters. The van der Waals surface area contributed by atoms with Gasteiger partial charge in [0.2, 0.25) is 16.5 Å². The van der Waals surface area contributed by atoms with Gasteiger partial charge in [-0.25, -0.2) is 0 Å². The molecule has 0 amide bonds. The van der Waals surface area contributed by atoms with Crippen LogP contribution in [0.2, 0.25) is 10.6 Å². The molecule has 1 aromatic heterocycles. The predicted octanol–water partition coefficient (Wildman–Crippen LogP) is 3.87. The Balaban J connectivity index is 0.00000121. The molecule has 17 heavy (non-hydrogen) atoms. The first kappa shape index (κ1) is 15.6. The van der Waals surface area contributed by atoms with Crippen molar-refractivity contribution in [2.45, 2.75) is 13.8 Å². The summed E-state index contributed by atoms with van der Waals surface area (Å²) in [5.74, 6) is 0.257. The Bertz CT molecular complexity index is 396. The monoisotopic (exact) mass is 272 g/mol. The van der Waals surface area contributed by atoms with Gasteiger partial charge in [0, 0.05) is 5.70 Å². The third-order valence-electron chi connectivity index (χ3n) is 1.35. The van der Waals surface area contributed by atoms with Gasteiger partial charge in [0.05, 0.1) is 0 Å². The van der Waals surface area contributed by atoms with Crippen LogP contribution >= 0.6 is 23.2 Å². The van der Waals surface area contributed by atoms with Crippen LogP contribution in [0.15, 0.2) is 37.1 Å². The number of allylic oxidation sites excluding steroid dienone is 3. The molecule has 4 nitrogen and oxygen atoms in total. The van der Waals surface area contributed by atoms with E-state index in [0.717, 1.165) is 0 Å². The number of nitrogens with one attached hydrogen (secondary N) is 1. The smallest absolute Gasteiger partial charge is 0.232 e. The van der Waals surface area contributed by atoms with E-state index in [-0.39, 0.29) is 16.5 Å². The van der Waals surface area contributed by atoms with Gasteiger partial charge in [-0.3, -0.25) is 0 Å². The van der Waals surface area contributed by atoms with E-state index < -0.39 is 0 Å². The molecule has 1 aromatic rings. The van der Waals surface area contributed by atoms with Crippen molar-refractivity contribution in [2.24, 2.45) is 0 Å². The fourth-order valence-corrected chi connectivity index (χ4v) is 1.16. The van der Waals surface area contributed by atoms with Gasteiger partial charge in [-0.15, -0.1) is 0 Å². The molecule has 0 spiro atoms. The average molecular weight is 273 g/mol. The van der Waals surface area contributed by atoms with Crippen molar-refractivity contribution in [2.75, 3.05) is 5.32 Å². The van der Waals surface area contributed by atoms with Gasteiger partial charge in [0.25, 0.3) is 0 Å². The second-order valence-corrected chi connectivity index (χ2v) is 3.06. The fourth-order valence-electron chi connectivity index (χ4n) is 0.799. The van der Waals surface area contributed by atoms with E-state index >= 15 is 0 Å². The molecular weight excluding hydrogens is 259 g/mol. The van der Waals surface area contributed by atoms with Crippen molar-refractivity contribution >= 4 is 29.2 Å². The Morgan fingerprint density at radius 2 is 1.65 bits per heavy atom. The number of anilines is 1. The van der Waals surface area contributed by atoms with Gasteiger partial charge in [-0.2, -0.15) is 15.0 Å². The van der Waals surface area contributed by atoms with Crippen LogP contribution in [0.1, 0.15) is 13.8 Å². The molecule has 0 aliphatic carbocycles. The van der Waals surface area contributed by atoms with Crippen LogP contribution in [0.3, 0.4) is 0 Å². The molecule has 0 saturated carbocycles. The summed E-state index contributed by atoms with van der Waals surface area (Å²) in [7, 11) is 0. The van der Waals surface area contributed by atoms with Gasteiger partial charge >= 0.3 is 0 Å². The highest BCUT2D eigenvalue weighted by Gasteiger charge is 2.02. The molecular formula is C11H14Cl2N4. The molecule has 0 fully saturated rings. The zero-order valence-corrected chi connectivity index (χ0v) is 11.3. The maximum absolute atomic E-state index is 5.60. The molecule has 1 rings (SSSR count). The highest BCUT2D eigenvalue weighted by atomic mass is 35.5. The van der Waals surface area contributed by atoms with E-state index in [4.69, 9.17) is 23.2 Å². The molecule has 0 aromatic carbocycles. The summed E-state index contributed by atoms with van der Waals surface area (Å²) in [5, 5.41) is 2.91. The Hall–Kier alpha value is -1.39. The van der Waals surface area contributed by atoms with Crippen molar-refractivity contribution in [3.05, 3.63) is 47.7 Å². The molecule has 0 aliphatic heterocycles. The topological polar surface area (TPSA) is 50.7 Å². The Labute approximate surface area is 111 Å². The lowest BCUT2D eigenvalue weighted by molar-refractivity contribution is 1.05. The summed E-state index contributed by atoms with van der Waals surface area (Å²) >= 11 is 11.2. The van der Waals surface area contributed by atoms with Crippen molar-refractivity contribution in [1.82, 2.24) is 15.0 Å². The highest BCUT2D eigenvalue weighted by molar-refractivity contribution is 6.31. The van der Waals surface area contributed by atoms with Gasteiger partial charge in [0.15, 0.2) is 0 Å². The van der Waals surface area contributed by atoms with Crippen molar-refractivity contribution < 1.29 is 0 Å². The van der Waals surface area contributed by atoms with Crippen LogP contribution in [-0.2, 0) is 0 Å². The predicted molar refractivity (Wildman–Crippen MR) is 73.3 cm³/mol. The van der Waals surface area contributed by atoms with Gasteiger partial charge < -0.3 is 5.32 Å². The number of nitrogens with zero attached hydrogens (tertiary/aromatic N) is 3.